The first-order valence-electron chi connectivity index (χ1n) is 11.6. The minimum Gasteiger partial charge on any atom is -0.504 e. The van der Waals surface area contributed by atoms with E-state index >= 15 is 0 Å². The lowest BCUT2D eigenvalue weighted by Gasteiger charge is -2.38. The van der Waals surface area contributed by atoms with Crippen molar-refractivity contribution >= 4 is 16.4 Å². The van der Waals surface area contributed by atoms with Crippen LogP contribution in [0, 0.1) is 11.8 Å². The third-order valence-electron chi connectivity index (χ3n) is 6.39. The second kappa shape index (κ2) is 11.7. The number of hydrogen-bond donors (Lipinski definition) is 7. The molecule has 38 heavy (non-hydrogen) atoms. The minimum atomic E-state index is -4.99. The highest BCUT2D eigenvalue weighted by Gasteiger charge is 2.48. The standard InChI is InChI=1S/C24H30O13S/c1-11(7-13-3-5-15(25)16(26)9-13)12(2)8-14-4-6-17(37-38(32,33)34)18(10-14)35-24-21(29)19(27)20(28)22(36-24)23(30)31/h3-6,9-12,19-22,24-29H,7-8H2,1-2H3,(H,30,31)(H,32,33,34). The lowest BCUT2D eigenvalue weighted by Crippen LogP contribution is -2.61. The maximum atomic E-state index is 11.4. The SMILES string of the molecule is CC(Cc1ccc(O)c(O)c1)C(C)Cc1ccc(OS(=O)(=O)O)c(OC2OC(C(=O)O)C(O)C(O)C2O)c1. The molecule has 0 radical (unpaired) electrons. The van der Waals surface area contributed by atoms with E-state index in [-0.39, 0.29) is 29.1 Å². The van der Waals surface area contributed by atoms with Gasteiger partial charge >= 0.3 is 16.4 Å². The Hall–Kier alpha value is -3.14. The van der Waals surface area contributed by atoms with E-state index in [1.54, 1.807) is 6.07 Å². The molecule has 0 aromatic heterocycles. The molecule has 0 bridgehead atoms. The van der Waals surface area contributed by atoms with Crippen molar-refractivity contribution < 1.29 is 62.1 Å². The van der Waals surface area contributed by atoms with Crippen molar-refractivity contribution in [3.63, 3.8) is 0 Å². The Morgan fingerprint density at radius 3 is 2.03 bits per heavy atom. The van der Waals surface area contributed by atoms with Crippen molar-refractivity contribution in [3.05, 3.63) is 47.5 Å². The van der Waals surface area contributed by atoms with Gasteiger partial charge in [0.05, 0.1) is 0 Å². The number of carbonyl (C=O) groups is 1. The maximum absolute atomic E-state index is 11.4. The molecule has 2 aromatic carbocycles. The van der Waals surface area contributed by atoms with E-state index in [1.165, 1.54) is 30.3 Å². The van der Waals surface area contributed by atoms with Crippen molar-refractivity contribution in [2.45, 2.75) is 57.4 Å². The molecule has 7 unspecified atom stereocenters. The fourth-order valence-corrected chi connectivity index (χ4v) is 4.43. The average molecular weight is 559 g/mol. The third-order valence-corrected chi connectivity index (χ3v) is 6.78. The van der Waals surface area contributed by atoms with Gasteiger partial charge in [0.15, 0.2) is 29.1 Å². The van der Waals surface area contributed by atoms with Gasteiger partial charge in [0.2, 0.25) is 6.29 Å². The molecule has 7 atom stereocenters. The molecule has 0 amide bonds. The van der Waals surface area contributed by atoms with Crippen LogP contribution in [0.2, 0.25) is 0 Å². The van der Waals surface area contributed by atoms with Crippen LogP contribution in [0.3, 0.4) is 0 Å². The van der Waals surface area contributed by atoms with Crippen LogP contribution >= 0.6 is 0 Å². The van der Waals surface area contributed by atoms with Crippen LogP contribution in [-0.2, 0) is 32.8 Å². The fourth-order valence-electron chi connectivity index (χ4n) is 4.07. The first kappa shape index (κ1) is 29.4. The van der Waals surface area contributed by atoms with Gasteiger partial charge in [-0.1, -0.05) is 26.0 Å². The Labute approximate surface area is 218 Å². The molecule has 0 spiro atoms. The fraction of sp³-hybridized carbons (Fsp3) is 0.458. The Bertz CT molecular complexity index is 1250. The predicted molar refractivity (Wildman–Crippen MR) is 129 cm³/mol. The Kier molecular flexibility index (Phi) is 9.07. The van der Waals surface area contributed by atoms with Crippen LogP contribution in [0.25, 0.3) is 0 Å². The van der Waals surface area contributed by atoms with Crippen molar-refractivity contribution in [3.8, 4) is 23.0 Å². The molecule has 14 heteroatoms. The number of aliphatic hydroxyl groups is 3. The first-order valence-corrected chi connectivity index (χ1v) is 12.9. The molecule has 1 aliphatic rings. The number of carboxylic acids is 1. The quantitative estimate of drug-likeness (QED) is 0.157. The number of carboxylic acid groups (broad SMARTS) is 1. The molecule has 13 nitrogen and oxygen atoms in total. The lowest BCUT2D eigenvalue weighted by molar-refractivity contribution is -0.271. The van der Waals surface area contributed by atoms with E-state index in [4.69, 9.17) is 14.0 Å². The first-order chi connectivity index (χ1) is 17.7. The summed E-state index contributed by atoms with van der Waals surface area (Å²) in [6.45, 7) is 3.93. The Balaban J connectivity index is 1.82. The molecule has 1 fully saturated rings. The zero-order valence-electron chi connectivity index (χ0n) is 20.4. The molecule has 7 N–H and O–H groups in total. The van der Waals surface area contributed by atoms with Gasteiger partial charge in [-0.25, -0.2) is 4.79 Å². The van der Waals surface area contributed by atoms with Gasteiger partial charge in [-0.3, -0.25) is 4.55 Å². The second-order valence-electron chi connectivity index (χ2n) is 9.33. The number of aliphatic hydroxyl groups excluding tert-OH is 3. The van der Waals surface area contributed by atoms with Gasteiger partial charge in [-0.2, -0.15) is 8.42 Å². The predicted octanol–water partition coefficient (Wildman–Crippen LogP) is 0.608. The molecule has 1 aliphatic heterocycles. The molecular weight excluding hydrogens is 528 g/mol. The molecule has 2 aromatic rings. The van der Waals surface area contributed by atoms with Gasteiger partial charge in [0, 0.05) is 0 Å². The average Bonchev–Trinajstić information content (AvgIpc) is 2.82. The summed E-state index contributed by atoms with van der Waals surface area (Å²) >= 11 is 0. The number of aromatic hydroxyl groups is 2. The molecule has 3 rings (SSSR count). The van der Waals surface area contributed by atoms with Crippen molar-refractivity contribution in [1.29, 1.82) is 0 Å². The summed E-state index contributed by atoms with van der Waals surface area (Å²) in [6.07, 6.45) is -8.62. The summed E-state index contributed by atoms with van der Waals surface area (Å²) in [7, 11) is -4.99. The lowest BCUT2D eigenvalue weighted by atomic mass is 9.85. The summed E-state index contributed by atoms with van der Waals surface area (Å²) in [4.78, 5) is 11.4. The number of benzene rings is 2. The molecule has 1 heterocycles. The van der Waals surface area contributed by atoms with Gasteiger partial charge in [-0.15, -0.1) is 0 Å². The Morgan fingerprint density at radius 2 is 1.47 bits per heavy atom. The zero-order chi connectivity index (χ0) is 28.4. The number of rotatable bonds is 10. The second-order valence-corrected chi connectivity index (χ2v) is 10.4. The number of ether oxygens (including phenoxy) is 2. The molecule has 0 saturated carbocycles. The number of phenols is 2. The zero-order valence-corrected chi connectivity index (χ0v) is 21.2. The minimum absolute atomic E-state index is 0.0250. The summed E-state index contributed by atoms with van der Waals surface area (Å²) in [5.41, 5.74) is 1.41. The van der Waals surface area contributed by atoms with E-state index in [2.05, 4.69) is 4.18 Å². The topological polar surface area (TPSA) is 221 Å². The van der Waals surface area contributed by atoms with Crippen LogP contribution in [0.1, 0.15) is 25.0 Å². The van der Waals surface area contributed by atoms with Gasteiger partial charge in [0.1, 0.15) is 18.3 Å². The Morgan fingerprint density at radius 1 is 0.895 bits per heavy atom. The van der Waals surface area contributed by atoms with Crippen molar-refractivity contribution in [2.24, 2.45) is 11.8 Å². The highest BCUT2D eigenvalue weighted by Crippen LogP contribution is 2.35. The van der Waals surface area contributed by atoms with Gasteiger partial charge < -0.3 is 44.3 Å². The van der Waals surface area contributed by atoms with Gasteiger partial charge in [0.25, 0.3) is 0 Å². The normalized spacial score (nSPS) is 25.4. The number of phenolic OH excluding ortho intramolecular Hbond substituents is 2. The molecular formula is C24H30O13S. The van der Waals surface area contributed by atoms with E-state index in [0.717, 1.165) is 5.56 Å². The molecule has 1 saturated heterocycles. The molecule has 210 valence electrons. The van der Waals surface area contributed by atoms with E-state index in [1.807, 2.05) is 13.8 Å². The van der Waals surface area contributed by atoms with Crippen LogP contribution in [0.15, 0.2) is 36.4 Å². The van der Waals surface area contributed by atoms with Crippen molar-refractivity contribution in [2.75, 3.05) is 0 Å². The largest absolute Gasteiger partial charge is 0.504 e. The van der Waals surface area contributed by atoms with E-state index in [0.29, 0.717) is 18.4 Å². The monoisotopic (exact) mass is 558 g/mol. The van der Waals surface area contributed by atoms with Crippen molar-refractivity contribution in [1.82, 2.24) is 0 Å². The third kappa shape index (κ3) is 7.24. The van der Waals surface area contributed by atoms with E-state index in [9.17, 15) is 43.9 Å². The summed E-state index contributed by atoms with van der Waals surface area (Å²) < 4.78 is 46.9. The van der Waals surface area contributed by atoms with E-state index < -0.39 is 52.8 Å². The van der Waals surface area contributed by atoms with Gasteiger partial charge in [-0.05, 0) is 60.1 Å². The smallest absolute Gasteiger partial charge is 0.446 e. The van der Waals surface area contributed by atoms with Crippen LogP contribution in [0.5, 0.6) is 23.0 Å². The number of aliphatic carboxylic acids is 1. The maximum Gasteiger partial charge on any atom is 0.446 e. The number of hydrogen-bond acceptors (Lipinski definition) is 11. The highest BCUT2D eigenvalue weighted by molar-refractivity contribution is 7.81. The summed E-state index contributed by atoms with van der Waals surface area (Å²) in [5.74, 6) is -2.83. The van der Waals surface area contributed by atoms with Crippen LogP contribution in [-0.4, -0.2) is 80.3 Å². The van der Waals surface area contributed by atoms with Crippen LogP contribution in [0.4, 0.5) is 0 Å². The molecule has 0 aliphatic carbocycles. The highest BCUT2D eigenvalue weighted by atomic mass is 32.3. The summed E-state index contributed by atoms with van der Waals surface area (Å²) in [6, 6.07) is 8.60. The summed E-state index contributed by atoms with van der Waals surface area (Å²) in [5, 5.41) is 58.6. The van der Waals surface area contributed by atoms with Crippen LogP contribution < -0.4 is 8.92 Å².